The molecule has 3 aromatic rings. The van der Waals surface area contributed by atoms with E-state index in [0.717, 1.165) is 17.3 Å². The number of carbonyl (C=O) groups excluding carboxylic acids is 1. The first-order valence-corrected chi connectivity index (χ1v) is 8.45. The molecule has 0 saturated carbocycles. The molecule has 1 atom stereocenters. The summed E-state index contributed by atoms with van der Waals surface area (Å²) in [5.74, 6) is -0.810. The average Bonchev–Trinajstić information content (AvgIpc) is 2.92. The van der Waals surface area contributed by atoms with Crippen molar-refractivity contribution in [3.8, 4) is 11.1 Å². The zero-order valence-corrected chi connectivity index (χ0v) is 13.6. The summed E-state index contributed by atoms with van der Waals surface area (Å²) in [4.78, 5) is 31.1. The molecule has 0 aliphatic carbocycles. The number of nitrogens with two attached hydrogens (primary N) is 1. The third-order valence-electron chi connectivity index (χ3n) is 3.27. The molecule has 8 heteroatoms. The van der Waals surface area contributed by atoms with Gasteiger partial charge in [0.05, 0.1) is 10.6 Å². The lowest BCUT2D eigenvalue weighted by atomic mass is 10.1. The van der Waals surface area contributed by atoms with Gasteiger partial charge in [0.1, 0.15) is 10.6 Å². The molecular formula is C15H12FN3O2S2. The van der Waals surface area contributed by atoms with Crippen molar-refractivity contribution in [1.82, 2.24) is 9.97 Å². The van der Waals surface area contributed by atoms with Crippen LogP contribution in [0.15, 0.2) is 39.6 Å². The predicted octanol–water partition coefficient (Wildman–Crippen LogP) is 2.76. The Hall–Kier alpha value is -2.19. The second-order valence-corrected chi connectivity index (χ2v) is 7.06. The largest absolute Gasteiger partial charge is 0.369 e. The molecule has 2 aromatic heterocycles. The monoisotopic (exact) mass is 349 g/mol. The third-order valence-corrected chi connectivity index (χ3v) is 5.14. The van der Waals surface area contributed by atoms with Gasteiger partial charge >= 0.3 is 0 Å². The predicted molar refractivity (Wildman–Crippen MR) is 90.1 cm³/mol. The standard InChI is InChI=1S/C15H12FN3O2S2/c1-7(12(17)20)23-15-18-13(21)11-10(6-22-14(11)19-15)8-2-4-9(16)5-3-8/h2-7H,1H3,(H2,17,20)(H,18,19,21)/t7-/m0/s1. The molecule has 0 saturated heterocycles. The zero-order valence-electron chi connectivity index (χ0n) is 12.0. The number of fused-ring (bicyclic) bond motifs is 1. The normalized spacial score (nSPS) is 12.4. The van der Waals surface area contributed by atoms with Gasteiger partial charge < -0.3 is 10.7 Å². The number of nitrogens with one attached hydrogen (secondary N) is 1. The van der Waals surface area contributed by atoms with Crippen LogP contribution in [0.4, 0.5) is 4.39 Å². The molecule has 0 unspecified atom stereocenters. The number of H-pyrrole nitrogens is 1. The lowest BCUT2D eigenvalue weighted by molar-refractivity contribution is -0.117. The summed E-state index contributed by atoms with van der Waals surface area (Å²) in [7, 11) is 0. The number of aromatic amines is 1. The molecular weight excluding hydrogens is 337 g/mol. The molecule has 2 heterocycles. The molecule has 23 heavy (non-hydrogen) atoms. The highest BCUT2D eigenvalue weighted by molar-refractivity contribution is 8.00. The minimum absolute atomic E-state index is 0.297. The Morgan fingerprint density at radius 2 is 2.09 bits per heavy atom. The summed E-state index contributed by atoms with van der Waals surface area (Å²) in [5.41, 5.74) is 6.38. The fourth-order valence-corrected chi connectivity index (χ4v) is 3.80. The minimum Gasteiger partial charge on any atom is -0.369 e. The van der Waals surface area contributed by atoms with Crippen molar-refractivity contribution >= 4 is 39.2 Å². The topological polar surface area (TPSA) is 88.8 Å². The van der Waals surface area contributed by atoms with Gasteiger partial charge in [-0.05, 0) is 24.6 Å². The second kappa shape index (κ2) is 6.13. The van der Waals surface area contributed by atoms with E-state index in [2.05, 4.69) is 9.97 Å². The van der Waals surface area contributed by atoms with Gasteiger partial charge in [-0.1, -0.05) is 23.9 Å². The van der Waals surface area contributed by atoms with E-state index >= 15 is 0 Å². The van der Waals surface area contributed by atoms with Gasteiger partial charge in [0, 0.05) is 10.9 Å². The van der Waals surface area contributed by atoms with Crippen LogP contribution in [0.5, 0.6) is 0 Å². The van der Waals surface area contributed by atoms with Crippen LogP contribution in [-0.2, 0) is 4.79 Å². The first-order chi connectivity index (χ1) is 11.0. The van der Waals surface area contributed by atoms with Crippen LogP contribution in [-0.4, -0.2) is 21.1 Å². The van der Waals surface area contributed by atoms with Crippen molar-refractivity contribution in [1.29, 1.82) is 0 Å². The van der Waals surface area contributed by atoms with Crippen molar-refractivity contribution in [3.63, 3.8) is 0 Å². The summed E-state index contributed by atoms with van der Waals surface area (Å²) in [6.07, 6.45) is 0. The molecule has 0 fully saturated rings. The SMILES string of the molecule is C[C@H](Sc1nc2scc(-c3ccc(F)cc3)c2c(=O)[nH]1)C(N)=O. The van der Waals surface area contributed by atoms with Crippen LogP contribution in [0, 0.1) is 5.82 Å². The molecule has 1 aromatic carbocycles. The van der Waals surface area contributed by atoms with Gasteiger partial charge in [-0.2, -0.15) is 0 Å². The van der Waals surface area contributed by atoms with E-state index in [1.807, 2.05) is 5.38 Å². The molecule has 118 valence electrons. The zero-order chi connectivity index (χ0) is 16.6. The Labute approximate surface area is 138 Å². The summed E-state index contributed by atoms with van der Waals surface area (Å²) in [5, 5.41) is 2.12. The van der Waals surface area contributed by atoms with Crippen molar-refractivity contribution in [2.24, 2.45) is 5.73 Å². The van der Waals surface area contributed by atoms with Gasteiger partial charge in [0.2, 0.25) is 5.91 Å². The summed E-state index contributed by atoms with van der Waals surface area (Å²) >= 11 is 2.43. The van der Waals surface area contributed by atoms with Crippen LogP contribution in [0.1, 0.15) is 6.92 Å². The fourth-order valence-electron chi connectivity index (χ4n) is 2.05. The Kier molecular flexibility index (Phi) is 4.18. The molecule has 3 rings (SSSR count). The van der Waals surface area contributed by atoms with Crippen LogP contribution in [0.3, 0.4) is 0 Å². The van der Waals surface area contributed by atoms with Crippen molar-refractivity contribution in [2.75, 3.05) is 0 Å². The van der Waals surface area contributed by atoms with Crippen molar-refractivity contribution in [2.45, 2.75) is 17.3 Å². The van der Waals surface area contributed by atoms with Gasteiger partial charge in [0.25, 0.3) is 5.56 Å². The quantitative estimate of drug-likeness (QED) is 0.560. The maximum absolute atomic E-state index is 13.0. The van der Waals surface area contributed by atoms with Gasteiger partial charge in [-0.15, -0.1) is 11.3 Å². The Morgan fingerprint density at radius 3 is 2.74 bits per heavy atom. The number of nitrogens with zero attached hydrogens (tertiary/aromatic N) is 1. The summed E-state index contributed by atoms with van der Waals surface area (Å²) < 4.78 is 13.0. The second-order valence-electron chi connectivity index (χ2n) is 4.87. The highest BCUT2D eigenvalue weighted by atomic mass is 32.2. The molecule has 1 amide bonds. The molecule has 0 aliphatic rings. The number of carbonyl (C=O) groups is 1. The highest BCUT2D eigenvalue weighted by Gasteiger charge is 2.16. The molecule has 0 spiro atoms. The maximum atomic E-state index is 13.0. The minimum atomic E-state index is -0.493. The van der Waals surface area contributed by atoms with Crippen LogP contribution in [0.25, 0.3) is 21.3 Å². The van der Waals surface area contributed by atoms with Crippen LogP contribution in [0.2, 0.25) is 0 Å². The van der Waals surface area contributed by atoms with Crippen molar-refractivity contribution in [3.05, 3.63) is 45.8 Å². The number of amides is 1. The molecule has 0 bridgehead atoms. The number of thiophene rings is 1. The molecule has 0 radical (unpaired) electrons. The van der Waals surface area contributed by atoms with Crippen LogP contribution >= 0.6 is 23.1 Å². The van der Waals surface area contributed by atoms with Gasteiger partial charge in [0.15, 0.2) is 5.16 Å². The molecule has 5 nitrogen and oxygen atoms in total. The first kappa shape index (κ1) is 15.7. The molecule has 0 aliphatic heterocycles. The maximum Gasteiger partial charge on any atom is 0.260 e. The summed E-state index contributed by atoms with van der Waals surface area (Å²) in [6.45, 7) is 1.65. The lowest BCUT2D eigenvalue weighted by Crippen LogP contribution is -2.23. The van der Waals surface area contributed by atoms with Gasteiger partial charge in [-0.3, -0.25) is 9.59 Å². The van der Waals surface area contributed by atoms with E-state index in [1.165, 1.54) is 23.5 Å². The number of benzene rings is 1. The number of primary amides is 1. The molecule has 3 N–H and O–H groups in total. The number of halogens is 1. The first-order valence-electron chi connectivity index (χ1n) is 6.69. The van der Waals surface area contributed by atoms with E-state index in [1.54, 1.807) is 19.1 Å². The van der Waals surface area contributed by atoms with Crippen LogP contribution < -0.4 is 11.3 Å². The fraction of sp³-hybridized carbons (Fsp3) is 0.133. The van der Waals surface area contributed by atoms with Crippen molar-refractivity contribution < 1.29 is 9.18 Å². The van der Waals surface area contributed by atoms with E-state index in [4.69, 9.17) is 5.73 Å². The average molecular weight is 349 g/mol. The third kappa shape index (κ3) is 3.13. The Morgan fingerprint density at radius 1 is 1.39 bits per heavy atom. The Balaban J connectivity index is 2.06. The number of thioether (sulfide) groups is 1. The number of aromatic nitrogens is 2. The van der Waals surface area contributed by atoms with E-state index in [-0.39, 0.29) is 11.4 Å². The number of hydrogen-bond acceptors (Lipinski definition) is 5. The lowest BCUT2D eigenvalue weighted by Gasteiger charge is -2.06. The number of hydrogen-bond donors (Lipinski definition) is 2. The van der Waals surface area contributed by atoms with E-state index in [0.29, 0.717) is 20.9 Å². The smallest absolute Gasteiger partial charge is 0.260 e. The summed E-state index contributed by atoms with van der Waals surface area (Å²) in [6, 6.07) is 5.93. The number of rotatable bonds is 4. The van der Waals surface area contributed by atoms with E-state index < -0.39 is 11.2 Å². The Bertz CT molecular complexity index is 934. The van der Waals surface area contributed by atoms with Gasteiger partial charge in [-0.25, -0.2) is 9.37 Å². The van der Waals surface area contributed by atoms with E-state index in [9.17, 15) is 14.0 Å². The highest BCUT2D eigenvalue weighted by Crippen LogP contribution is 2.32.